The number of alkyl halides is 1. The first-order valence-electron chi connectivity index (χ1n) is 11.3. The first-order valence-corrected chi connectivity index (χ1v) is 12.8. The molecule has 1 saturated heterocycles. The molecule has 36 heavy (non-hydrogen) atoms. The lowest BCUT2D eigenvalue weighted by molar-refractivity contribution is -0.149. The summed E-state index contributed by atoms with van der Waals surface area (Å²) >= 11 is 0. The number of halogens is 1. The molecule has 13 heteroatoms. The van der Waals surface area contributed by atoms with Gasteiger partial charge >= 0.3 is 13.7 Å². The molecule has 3 N–H and O–H groups in total. The van der Waals surface area contributed by atoms with Gasteiger partial charge in [0.1, 0.15) is 29.8 Å². The lowest BCUT2D eigenvalue weighted by atomic mass is 9.98. The van der Waals surface area contributed by atoms with Crippen molar-refractivity contribution in [2.24, 2.45) is 0 Å². The maximum absolute atomic E-state index is 15.5. The third-order valence-corrected chi connectivity index (χ3v) is 7.01. The van der Waals surface area contributed by atoms with Crippen molar-refractivity contribution >= 4 is 19.6 Å². The van der Waals surface area contributed by atoms with E-state index < -0.39 is 62.5 Å². The van der Waals surface area contributed by atoms with Crippen LogP contribution in [0.1, 0.15) is 27.7 Å². The van der Waals surface area contributed by atoms with Gasteiger partial charge in [0.2, 0.25) is 0 Å². The molecule has 1 fully saturated rings. The van der Waals surface area contributed by atoms with E-state index in [0.717, 1.165) is 13.0 Å². The van der Waals surface area contributed by atoms with Crippen LogP contribution in [0.2, 0.25) is 0 Å². The Morgan fingerprint density at radius 3 is 2.64 bits per heavy atom. The Hall–Kier alpha value is -2.76. The number of carbonyl (C=O) groups is 2. The summed E-state index contributed by atoms with van der Waals surface area (Å²) in [6.07, 6.45) is -2.30. The topological polar surface area (TPSA) is 136 Å². The van der Waals surface area contributed by atoms with Crippen molar-refractivity contribution < 1.29 is 42.2 Å². The van der Waals surface area contributed by atoms with Crippen LogP contribution in [-0.2, 0) is 28.2 Å². The number of nitrogens with zero attached hydrogens (tertiary/aromatic N) is 1. The van der Waals surface area contributed by atoms with Crippen molar-refractivity contribution in [1.82, 2.24) is 15.3 Å². The second-order valence-electron chi connectivity index (χ2n) is 8.82. The molecule has 1 amide bonds. The summed E-state index contributed by atoms with van der Waals surface area (Å²) < 4.78 is 51.0. The first-order chi connectivity index (χ1) is 16.8. The minimum absolute atomic E-state index is 0.0578. The average molecular weight is 527 g/mol. The number of esters is 1. The maximum atomic E-state index is 15.5. The Kier molecular flexibility index (Phi) is 8.58. The third kappa shape index (κ3) is 6.51. The number of aliphatic hydroxyl groups is 1. The van der Waals surface area contributed by atoms with Gasteiger partial charge < -0.3 is 29.3 Å². The minimum Gasteiger partial charge on any atom is -0.462 e. The van der Waals surface area contributed by atoms with Crippen molar-refractivity contribution in [3.63, 3.8) is 0 Å². The predicted octanol–water partition coefficient (Wildman–Crippen LogP) is 2.35. The summed E-state index contributed by atoms with van der Waals surface area (Å²) in [5.41, 5.74) is -2.32. The number of rotatable bonds is 10. The number of ether oxygens (including phenoxy) is 2. The van der Waals surface area contributed by atoms with Crippen LogP contribution < -0.4 is 14.9 Å². The summed E-state index contributed by atoms with van der Waals surface area (Å²) in [4.78, 5) is 25.0. The normalized spacial score (nSPS) is 28.5. The molecule has 0 bridgehead atoms. The SMILES string of the molecule is C=C1NC(=O)C=CN1[C@@H]1O[C@H](COP(=O)(N[C@@H](C)C(=O)OC(C)C)Oc2ccccc2)[C@H](O)C1(C)F. The van der Waals surface area contributed by atoms with Crippen molar-refractivity contribution in [1.29, 1.82) is 0 Å². The predicted molar refractivity (Wildman–Crippen MR) is 127 cm³/mol. The number of benzene rings is 1. The molecule has 0 aromatic heterocycles. The average Bonchev–Trinajstić information content (AvgIpc) is 3.01. The van der Waals surface area contributed by atoms with Gasteiger partial charge in [-0.15, -0.1) is 0 Å². The van der Waals surface area contributed by atoms with E-state index in [0.29, 0.717) is 0 Å². The third-order valence-electron chi connectivity index (χ3n) is 5.37. The van der Waals surface area contributed by atoms with Crippen molar-refractivity contribution in [2.45, 2.75) is 63.9 Å². The smallest absolute Gasteiger partial charge is 0.459 e. The van der Waals surface area contributed by atoms with Gasteiger partial charge in [-0.2, -0.15) is 5.09 Å². The van der Waals surface area contributed by atoms with Crippen LogP contribution in [0, 0.1) is 0 Å². The van der Waals surface area contributed by atoms with Gasteiger partial charge in [0.05, 0.1) is 12.7 Å². The Labute approximate surface area is 208 Å². The van der Waals surface area contributed by atoms with E-state index >= 15 is 4.39 Å². The molecule has 0 spiro atoms. The van der Waals surface area contributed by atoms with E-state index in [-0.39, 0.29) is 11.6 Å². The zero-order valence-corrected chi connectivity index (χ0v) is 21.3. The van der Waals surface area contributed by atoms with Crippen LogP contribution in [0.3, 0.4) is 0 Å². The van der Waals surface area contributed by atoms with Crippen molar-refractivity contribution in [3.05, 3.63) is 55.0 Å². The number of aliphatic hydroxyl groups excluding tert-OH is 1. The van der Waals surface area contributed by atoms with Crippen LogP contribution in [0.4, 0.5) is 4.39 Å². The molecule has 0 aliphatic carbocycles. The van der Waals surface area contributed by atoms with Gasteiger partial charge in [0, 0.05) is 12.3 Å². The molecule has 11 nitrogen and oxygen atoms in total. The maximum Gasteiger partial charge on any atom is 0.459 e. The summed E-state index contributed by atoms with van der Waals surface area (Å²) in [5, 5.41) is 15.6. The molecule has 1 aromatic carbocycles. The molecule has 2 aliphatic heterocycles. The highest BCUT2D eigenvalue weighted by Gasteiger charge is 2.57. The van der Waals surface area contributed by atoms with Crippen molar-refractivity contribution in [3.8, 4) is 5.75 Å². The molecule has 0 radical (unpaired) electrons. The number of carbonyl (C=O) groups excluding carboxylic acids is 2. The highest BCUT2D eigenvalue weighted by atomic mass is 31.2. The van der Waals surface area contributed by atoms with E-state index in [1.165, 1.54) is 30.2 Å². The molecule has 6 atom stereocenters. The second-order valence-corrected chi connectivity index (χ2v) is 10.5. The number of hydrogen-bond acceptors (Lipinski definition) is 9. The molecular weight excluding hydrogens is 496 g/mol. The number of amides is 1. The van der Waals surface area contributed by atoms with Crippen LogP contribution in [0.5, 0.6) is 5.75 Å². The Bertz CT molecular complexity index is 1050. The number of nitrogens with one attached hydrogen (secondary N) is 2. The summed E-state index contributed by atoms with van der Waals surface area (Å²) in [7, 11) is -4.25. The van der Waals surface area contributed by atoms with Gasteiger partial charge in [0.15, 0.2) is 11.9 Å². The van der Waals surface area contributed by atoms with Crippen LogP contribution in [0.15, 0.2) is 55.0 Å². The number of hydrogen-bond donors (Lipinski definition) is 3. The molecule has 198 valence electrons. The lowest BCUT2D eigenvalue weighted by Gasteiger charge is -2.35. The van der Waals surface area contributed by atoms with E-state index in [1.54, 1.807) is 32.0 Å². The van der Waals surface area contributed by atoms with Gasteiger partial charge in [-0.1, -0.05) is 24.8 Å². The zero-order valence-electron chi connectivity index (χ0n) is 20.4. The highest BCUT2D eigenvalue weighted by Crippen LogP contribution is 2.46. The Morgan fingerprint density at radius 2 is 2.03 bits per heavy atom. The van der Waals surface area contributed by atoms with Crippen molar-refractivity contribution in [2.75, 3.05) is 6.61 Å². The lowest BCUT2D eigenvalue weighted by Crippen LogP contribution is -2.51. The van der Waals surface area contributed by atoms with Gasteiger partial charge in [0.25, 0.3) is 5.91 Å². The summed E-state index contributed by atoms with van der Waals surface area (Å²) in [6.45, 7) is 9.00. The highest BCUT2D eigenvalue weighted by molar-refractivity contribution is 7.52. The van der Waals surface area contributed by atoms with E-state index in [9.17, 15) is 19.3 Å². The molecule has 0 saturated carbocycles. The molecular formula is C23H31FN3O8P. The Balaban J connectivity index is 1.76. The molecule has 2 heterocycles. The first kappa shape index (κ1) is 27.8. The van der Waals surface area contributed by atoms with Gasteiger partial charge in [-0.05, 0) is 39.8 Å². The van der Waals surface area contributed by atoms with Crippen LogP contribution in [0.25, 0.3) is 0 Å². The fourth-order valence-electron chi connectivity index (χ4n) is 3.56. The van der Waals surface area contributed by atoms with Gasteiger partial charge in [-0.3, -0.25) is 14.1 Å². The molecule has 2 aliphatic rings. The quantitative estimate of drug-likeness (QED) is 0.307. The monoisotopic (exact) mass is 527 g/mol. The fourth-order valence-corrected chi connectivity index (χ4v) is 5.06. The Morgan fingerprint density at radius 1 is 1.36 bits per heavy atom. The van der Waals surface area contributed by atoms with E-state index in [1.807, 2.05) is 0 Å². The zero-order chi connectivity index (χ0) is 26.7. The van der Waals surface area contributed by atoms with Gasteiger partial charge in [-0.25, -0.2) is 8.96 Å². The largest absolute Gasteiger partial charge is 0.462 e. The van der Waals surface area contributed by atoms with Crippen LogP contribution >= 0.6 is 7.75 Å². The standard InChI is InChI=1S/C23H31FN3O8P/c1-14(2)33-21(30)15(3)26-36(31,35-17-9-7-6-8-10-17)32-13-18-20(29)23(5,24)22(34-18)27-12-11-19(28)25-16(27)4/h6-12,14-15,18,20,22,29H,4,13H2,1-3,5H3,(H,25,28)(H,26,31)/t15-,18+,20-,22+,23?,36?/m0/s1. The minimum atomic E-state index is -4.25. The number of para-hydroxylation sites is 1. The summed E-state index contributed by atoms with van der Waals surface area (Å²) in [6, 6.07) is 7.01. The van der Waals surface area contributed by atoms with E-state index in [2.05, 4.69) is 17.0 Å². The fraction of sp³-hybridized carbons (Fsp3) is 0.478. The van der Waals surface area contributed by atoms with E-state index in [4.69, 9.17) is 18.5 Å². The second kappa shape index (κ2) is 11.1. The van der Waals surface area contributed by atoms with Crippen LogP contribution in [-0.4, -0.2) is 64.7 Å². The molecule has 1 aromatic rings. The molecule has 2 unspecified atom stereocenters. The molecule has 3 rings (SSSR count). The summed E-state index contributed by atoms with van der Waals surface area (Å²) in [5.74, 6) is -0.881.